The Kier molecular flexibility index (Phi) is 4.44. The minimum absolute atomic E-state index is 0.0195. The number of oxime groups is 1. The van der Waals surface area contributed by atoms with E-state index in [4.69, 9.17) is 27.3 Å². The van der Waals surface area contributed by atoms with Crippen molar-refractivity contribution < 1.29 is 9.94 Å². The average Bonchev–Trinajstić information content (AvgIpc) is 2.46. The molecule has 1 aliphatic rings. The number of halogens is 1. The van der Waals surface area contributed by atoms with Crippen LogP contribution >= 0.6 is 11.6 Å². The maximum absolute atomic E-state index is 8.74. The lowest BCUT2D eigenvalue weighted by Crippen LogP contribution is -2.42. The second-order valence-electron chi connectivity index (χ2n) is 4.33. The molecule has 0 bridgehead atoms. The highest BCUT2D eigenvalue weighted by atomic mass is 35.5. The van der Waals surface area contributed by atoms with Gasteiger partial charge in [-0.1, -0.05) is 23.7 Å². The zero-order valence-corrected chi connectivity index (χ0v) is 11.5. The standard InChI is InChI=1S/C12H17ClN4O2/c1-2-8-7-17(5-6-19-8)12-10(13)9(3-4-15-12)11(14)16-18/h3-4,8,18H,2,5-7H2,1H3,(H2,14,16). The number of pyridine rings is 1. The summed E-state index contributed by atoms with van der Waals surface area (Å²) in [7, 11) is 0. The highest BCUT2D eigenvalue weighted by Crippen LogP contribution is 2.28. The van der Waals surface area contributed by atoms with Crippen LogP contribution in [0, 0.1) is 0 Å². The van der Waals surface area contributed by atoms with Gasteiger partial charge in [0, 0.05) is 24.8 Å². The summed E-state index contributed by atoms with van der Waals surface area (Å²) in [6, 6.07) is 1.62. The second kappa shape index (κ2) is 6.08. The quantitative estimate of drug-likeness (QED) is 0.380. The molecule has 0 spiro atoms. The highest BCUT2D eigenvalue weighted by Gasteiger charge is 2.23. The van der Waals surface area contributed by atoms with Crippen molar-refractivity contribution in [1.82, 2.24) is 4.98 Å². The molecule has 0 saturated carbocycles. The second-order valence-corrected chi connectivity index (χ2v) is 4.71. The van der Waals surface area contributed by atoms with Crippen LogP contribution in [0.1, 0.15) is 18.9 Å². The van der Waals surface area contributed by atoms with Crippen LogP contribution < -0.4 is 10.6 Å². The fourth-order valence-electron chi connectivity index (χ4n) is 2.06. The highest BCUT2D eigenvalue weighted by molar-refractivity contribution is 6.36. The molecule has 1 saturated heterocycles. The van der Waals surface area contributed by atoms with Crippen LogP contribution in [0.5, 0.6) is 0 Å². The maximum Gasteiger partial charge on any atom is 0.171 e. The van der Waals surface area contributed by atoms with Crippen LogP contribution in [0.2, 0.25) is 5.02 Å². The third kappa shape index (κ3) is 2.90. The van der Waals surface area contributed by atoms with E-state index in [0.717, 1.165) is 19.5 Å². The summed E-state index contributed by atoms with van der Waals surface area (Å²) >= 11 is 6.29. The summed E-state index contributed by atoms with van der Waals surface area (Å²) in [5, 5.41) is 12.1. The first-order valence-corrected chi connectivity index (χ1v) is 6.54. The topological polar surface area (TPSA) is 84.0 Å². The zero-order valence-electron chi connectivity index (χ0n) is 10.7. The lowest BCUT2D eigenvalue weighted by Gasteiger charge is -2.33. The molecule has 104 valence electrons. The Bertz CT molecular complexity index is 481. The molecule has 1 aliphatic heterocycles. The van der Waals surface area contributed by atoms with Crippen molar-refractivity contribution in [1.29, 1.82) is 0 Å². The van der Waals surface area contributed by atoms with Crippen LogP contribution in [-0.4, -0.2) is 41.8 Å². The summed E-state index contributed by atoms with van der Waals surface area (Å²) in [6.07, 6.45) is 2.72. The fraction of sp³-hybridized carbons (Fsp3) is 0.500. The Morgan fingerprint density at radius 1 is 1.74 bits per heavy atom. The lowest BCUT2D eigenvalue weighted by atomic mass is 10.2. The van der Waals surface area contributed by atoms with Crippen LogP contribution in [0.4, 0.5) is 5.82 Å². The Hall–Kier alpha value is -1.53. The fourth-order valence-corrected chi connectivity index (χ4v) is 2.39. The van der Waals surface area contributed by atoms with Gasteiger partial charge in [-0.15, -0.1) is 0 Å². The van der Waals surface area contributed by atoms with Crippen molar-refractivity contribution in [3.05, 3.63) is 22.8 Å². The monoisotopic (exact) mass is 284 g/mol. The van der Waals surface area contributed by atoms with Gasteiger partial charge in [0.15, 0.2) is 5.84 Å². The largest absolute Gasteiger partial charge is 0.409 e. The van der Waals surface area contributed by atoms with E-state index >= 15 is 0 Å². The van der Waals surface area contributed by atoms with Gasteiger partial charge in [-0.25, -0.2) is 4.98 Å². The molecular weight excluding hydrogens is 268 g/mol. The molecule has 1 unspecified atom stereocenters. The molecule has 19 heavy (non-hydrogen) atoms. The number of aromatic nitrogens is 1. The molecule has 2 rings (SSSR count). The van der Waals surface area contributed by atoms with Gasteiger partial charge in [0.2, 0.25) is 0 Å². The Balaban J connectivity index is 2.30. The summed E-state index contributed by atoms with van der Waals surface area (Å²) in [5.41, 5.74) is 6.07. The smallest absolute Gasteiger partial charge is 0.171 e. The van der Waals surface area contributed by atoms with Crippen molar-refractivity contribution in [3.8, 4) is 0 Å². The predicted molar refractivity (Wildman–Crippen MR) is 74.0 cm³/mol. The van der Waals surface area contributed by atoms with Crippen LogP contribution in [0.15, 0.2) is 17.4 Å². The van der Waals surface area contributed by atoms with E-state index in [1.165, 1.54) is 0 Å². The molecule has 1 atom stereocenters. The number of morpholine rings is 1. The van der Waals surface area contributed by atoms with Gasteiger partial charge >= 0.3 is 0 Å². The van der Waals surface area contributed by atoms with E-state index in [1.807, 2.05) is 0 Å². The van der Waals surface area contributed by atoms with E-state index in [-0.39, 0.29) is 11.9 Å². The number of hydrogen-bond donors (Lipinski definition) is 2. The first-order chi connectivity index (χ1) is 9.17. The van der Waals surface area contributed by atoms with E-state index in [2.05, 4.69) is 22.0 Å². The molecule has 1 fully saturated rings. The molecule has 3 N–H and O–H groups in total. The van der Waals surface area contributed by atoms with Crippen LogP contribution in [0.3, 0.4) is 0 Å². The number of ether oxygens (including phenoxy) is 1. The lowest BCUT2D eigenvalue weighted by molar-refractivity contribution is 0.0382. The van der Waals surface area contributed by atoms with Crippen LogP contribution in [0.25, 0.3) is 0 Å². The molecule has 6 nitrogen and oxygen atoms in total. The molecule has 0 radical (unpaired) electrons. The minimum atomic E-state index is -0.0195. The van der Waals surface area contributed by atoms with E-state index in [1.54, 1.807) is 12.3 Å². The molecule has 0 aliphatic carbocycles. The first-order valence-electron chi connectivity index (χ1n) is 6.16. The van der Waals surface area contributed by atoms with Crippen molar-refractivity contribution in [3.63, 3.8) is 0 Å². The zero-order chi connectivity index (χ0) is 13.8. The number of nitrogens with zero attached hydrogens (tertiary/aromatic N) is 3. The average molecular weight is 285 g/mol. The molecule has 0 aromatic carbocycles. The minimum Gasteiger partial charge on any atom is -0.409 e. The first kappa shape index (κ1) is 13.9. The molecule has 7 heteroatoms. The van der Waals surface area contributed by atoms with Gasteiger partial charge in [-0.3, -0.25) is 0 Å². The van der Waals surface area contributed by atoms with Gasteiger partial charge in [-0.2, -0.15) is 0 Å². The maximum atomic E-state index is 8.74. The van der Waals surface area contributed by atoms with Gasteiger partial charge in [-0.05, 0) is 12.5 Å². The summed E-state index contributed by atoms with van der Waals surface area (Å²) in [6.45, 7) is 4.19. The molecular formula is C12H17ClN4O2. The van der Waals surface area contributed by atoms with Gasteiger partial charge < -0.3 is 20.6 Å². The van der Waals surface area contributed by atoms with Crippen molar-refractivity contribution in [2.24, 2.45) is 10.9 Å². The molecule has 0 amide bonds. The summed E-state index contributed by atoms with van der Waals surface area (Å²) < 4.78 is 5.62. The number of nitrogens with two attached hydrogens (primary N) is 1. The predicted octanol–water partition coefficient (Wildman–Crippen LogP) is 1.44. The number of amidine groups is 1. The number of rotatable bonds is 3. The molecule has 1 aromatic rings. The van der Waals surface area contributed by atoms with Gasteiger partial charge in [0.1, 0.15) is 5.82 Å². The van der Waals surface area contributed by atoms with E-state index in [9.17, 15) is 0 Å². The Labute approximate surface area is 116 Å². The van der Waals surface area contributed by atoms with E-state index in [0.29, 0.717) is 23.0 Å². The SMILES string of the molecule is CCC1CN(c2nccc(/C(N)=N/O)c2Cl)CCO1. The number of hydrogen-bond acceptors (Lipinski definition) is 5. The van der Waals surface area contributed by atoms with Crippen molar-refractivity contribution in [2.45, 2.75) is 19.4 Å². The molecule has 2 heterocycles. The third-order valence-electron chi connectivity index (χ3n) is 3.15. The van der Waals surface area contributed by atoms with Crippen molar-refractivity contribution in [2.75, 3.05) is 24.6 Å². The number of anilines is 1. The van der Waals surface area contributed by atoms with Gasteiger partial charge in [0.05, 0.1) is 17.7 Å². The van der Waals surface area contributed by atoms with Crippen molar-refractivity contribution >= 4 is 23.3 Å². The van der Waals surface area contributed by atoms with E-state index < -0.39 is 0 Å². The third-order valence-corrected chi connectivity index (χ3v) is 3.52. The Morgan fingerprint density at radius 3 is 3.21 bits per heavy atom. The molecule has 1 aromatic heterocycles. The Morgan fingerprint density at radius 2 is 2.53 bits per heavy atom. The summed E-state index contributed by atoms with van der Waals surface area (Å²) in [5.74, 6) is 0.626. The van der Waals surface area contributed by atoms with Gasteiger partial charge in [0.25, 0.3) is 0 Å². The van der Waals surface area contributed by atoms with Crippen LogP contribution in [-0.2, 0) is 4.74 Å². The normalized spacial score (nSPS) is 20.6. The summed E-state index contributed by atoms with van der Waals surface area (Å²) in [4.78, 5) is 6.36.